The minimum Gasteiger partial charge on any atom is -0.489 e. The van der Waals surface area contributed by atoms with E-state index in [0.29, 0.717) is 23.2 Å². The van der Waals surface area contributed by atoms with E-state index in [1.54, 1.807) is 12.3 Å². The van der Waals surface area contributed by atoms with Crippen LogP contribution in [0.3, 0.4) is 0 Å². The highest BCUT2D eigenvalue weighted by Crippen LogP contribution is 2.34. The van der Waals surface area contributed by atoms with Crippen molar-refractivity contribution in [3.05, 3.63) is 77.8 Å². The summed E-state index contributed by atoms with van der Waals surface area (Å²) in [7, 11) is 1.90. The van der Waals surface area contributed by atoms with Crippen LogP contribution in [0.2, 0.25) is 5.02 Å². The standard InChI is InChI=1S/C24H24ClN5O2/c1-16(13-26-2)32-22-8-5-7-20-23(22)24(29-15-28-20)30-17-9-10-21(19(25)12-17)31-14-18-6-3-4-11-27-18/h3-12,15-16,26H,13-14H2,1-2H3,(H,28,29,30)/t16-/m0/s1. The first-order chi connectivity index (χ1) is 15.6. The second-order valence-electron chi connectivity index (χ2n) is 7.24. The lowest BCUT2D eigenvalue weighted by Gasteiger charge is -2.17. The molecule has 1 atom stereocenters. The zero-order chi connectivity index (χ0) is 22.3. The number of halogens is 1. The number of rotatable bonds is 9. The van der Waals surface area contributed by atoms with Crippen molar-refractivity contribution in [1.29, 1.82) is 0 Å². The summed E-state index contributed by atoms with van der Waals surface area (Å²) in [5.74, 6) is 1.94. The fourth-order valence-electron chi connectivity index (χ4n) is 3.28. The lowest BCUT2D eigenvalue weighted by Crippen LogP contribution is -2.26. The van der Waals surface area contributed by atoms with Gasteiger partial charge < -0.3 is 20.1 Å². The molecule has 164 valence electrons. The SMILES string of the molecule is CNC[C@H](C)Oc1cccc2ncnc(Nc3ccc(OCc4ccccn4)c(Cl)c3)c12. The lowest BCUT2D eigenvalue weighted by molar-refractivity contribution is 0.223. The first-order valence-electron chi connectivity index (χ1n) is 10.3. The molecule has 0 saturated heterocycles. The number of anilines is 2. The Labute approximate surface area is 191 Å². The predicted molar refractivity (Wildman–Crippen MR) is 127 cm³/mol. The molecule has 0 radical (unpaired) electrons. The third-order valence-electron chi connectivity index (χ3n) is 4.74. The highest BCUT2D eigenvalue weighted by Gasteiger charge is 2.13. The van der Waals surface area contributed by atoms with E-state index < -0.39 is 0 Å². The average molecular weight is 450 g/mol. The van der Waals surface area contributed by atoms with Crippen LogP contribution in [0.15, 0.2) is 67.1 Å². The summed E-state index contributed by atoms with van der Waals surface area (Å²) in [6.07, 6.45) is 3.25. The highest BCUT2D eigenvalue weighted by atomic mass is 35.5. The van der Waals surface area contributed by atoms with Gasteiger partial charge in [0.1, 0.15) is 36.4 Å². The van der Waals surface area contributed by atoms with Crippen LogP contribution in [0.4, 0.5) is 11.5 Å². The second-order valence-corrected chi connectivity index (χ2v) is 7.65. The first-order valence-corrected chi connectivity index (χ1v) is 10.7. The number of hydrogen-bond acceptors (Lipinski definition) is 7. The Morgan fingerprint density at radius 1 is 1.00 bits per heavy atom. The van der Waals surface area contributed by atoms with Crippen LogP contribution in [0.1, 0.15) is 12.6 Å². The fraction of sp³-hybridized carbons (Fsp3) is 0.208. The van der Waals surface area contributed by atoms with E-state index in [4.69, 9.17) is 21.1 Å². The van der Waals surface area contributed by atoms with Crippen molar-refractivity contribution >= 4 is 34.0 Å². The molecule has 4 rings (SSSR count). The molecule has 2 aromatic carbocycles. The van der Waals surface area contributed by atoms with Crippen molar-refractivity contribution in [2.24, 2.45) is 0 Å². The number of likely N-dealkylation sites (N-methyl/N-ethyl adjacent to an activating group) is 1. The number of ether oxygens (including phenoxy) is 2. The maximum absolute atomic E-state index is 6.47. The summed E-state index contributed by atoms with van der Waals surface area (Å²) in [5, 5.41) is 7.75. The molecule has 0 bridgehead atoms. The van der Waals surface area contributed by atoms with Crippen molar-refractivity contribution in [3.8, 4) is 11.5 Å². The second kappa shape index (κ2) is 10.3. The van der Waals surface area contributed by atoms with Crippen LogP contribution >= 0.6 is 11.6 Å². The molecule has 0 aliphatic rings. The number of pyridine rings is 1. The Morgan fingerprint density at radius 2 is 1.91 bits per heavy atom. The third-order valence-corrected chi connectivity index (χ3v) is 5.04. The number of aromatic nitrogens is 3. The van der Waals surface area contributed by atoms with E-state index in [1.165, 1.54) is 6.33 Å². The van der Waals surface area contributed by atoms with Crippen LogP contribution in [0, 0.1) is 0 Å². The minimum absolute atomic E-state index is 0.0105. The van der Waals surface area contributed by atoms with Gasteiger partial charge in [0.15, 0.2) is 0 Å². The molecule has 2 aromatic heterocycles. The molecule has 2 N–H and O–H groups in total. The molecule has 0 aliphatic carbocycles. The number of fused-ring (bicyclic) bond motifs is 1. The number of nitrogens with zero attached hydrogens (tertiary/aromatic N) is 3. The van der Waals surface area contributed by atoms with Gasteiger partial charge in [-0.1, -0.05) is 23.7 Å². The van der Waals surface area contributed by atoms with Crippen LogP contribution in [-0.2, 0) is 6.61 Å². The van der Waals surface area contributed by atoms with E-state index in [1.807, 2.05) is 62.5 Å². The van der Waals surface area contributed by atoms with Gasteiger partial charge in [-0.05, 0) is 56.4 Å². The fourth-order valence-corrected chi connectivity index (χ4v) is 3.52. The van der Waals surface area contributed by atoms with E-state index in [9.17, 15) is 0 Å². The Hall–Kier alpha value is -3.42. The van der Waals surface area contributed by atoms with Crippen LogP contribution in [-0.4, -0.2) is 34.6 Å². The van der Waals surface area contributed by atoms with Crippen molar-refractivity contribution in [1.82, 2.24) is 20.3 Å². The maximum Gasteiger partial charge on any atom is 0.145 e. The summed E-state index contributed by atoms with van der Waals surface area (Å²) in [5.41, 5.74) is 2.40. The van der Waals surface area contributed by atoms with E-state index in [2.05, 4.69) is 25.6 Å². The van der Waals surface area contributed by atoms with Gasteiger partial charge in [0.2, 0.25) is 0 Å². The molecule has 4 aromatic rings. The molecule has 0 aliphatic heterocycles. The molecule has 0 amide bonds. The van der Waals surface area contributed by atoms with Crippen molar-refractivity contribution in [2.75, 3.05) is 18.9 Å². The lowest BCUT2D eigenvalue weighted by atomic mass is 10.2. The Kier molecular flexibility index (Phi) is 6.99. The van der Waals surface area contributed by atoms with Crippen LogP contribution in [0.25, 0.3) is 10.9 Å². The normalized spacial score (nSPS) is 11.8. The Bertz CT molecular complexity index is 1180. The third kappa shape index (κ3) is 5.25. The highest BCUT2D eigenvalue weighted by molar-refractivity contribution is 6.32. The Morgan fingerprint density at radius 3 is 2.69 bits per heavy atom. The van der Waals surface area contributed by atoms with Gasteiger partial charge >= 0.3 is 0 Å². The van der Waals surface area contributed by atoms with E-state index in [0.717, 1.165) is 34.6 Å². The monoisotopic (exact) mass is 449 g/mol. The summed E-state index contributed by atoms with van der Waals surface area (Å²) in [4.78, 5) is 13.1. The molecule has 32 heavy (non-hydrogen) atoms. The van der Waals surface area contributed by atoms with Gasteiger partial charge in [0.25, 0.3) is 0 Å². The predicted octanol–water partition coefficient (Wildman–Crippen LogP) is 4.99. The zero-order valence-electron chi connectivity index (χ0n) is 17.9. The van der Waals surface area contributed by atoms with E-state index >= 15 is 0 Å². The molecule has 8 heteroatoms. The maximum atomic E-state index is 6.47. The summed E-state index contributed by atoms with van der Waals surface area (Å²) in [6.45, 7) is 3.08. The molecule has 0 spiro atoms. The van der Waals surface area contributed by atoms with Crippen LogP contribution in [0.5, 0.6) is 11.5 Å². The van der Waals surface area contributed by atoms with Crippen molar-refractivity contribution in [2.45, 2.75) is 19.6 Å². The number of benzene rings is 2. The van der Waals surface area contributed by atoms with Gasteiger partial charge in [0, 0.05) is 18.4 Å². The van der Waals surface area contributed by atoms with Gasteiger partial charge in [-0.2, -0.15) is 0 Å². The summed E-state index contributed by atoms with van der Waals surface area (Å²) < 4.78 is 11.9. The summed E-state index contributed by atoms with van der Waals surface area (Å²) in [6, 6.07) is 17.0. The number of hydrogen-bond donors (Lipinski definition) is 2. The van der Waals surface area contributed by atoms with Crippen LogP contribution < -0.4 is 20.1 Å². The minimum atomic E-state index is -0.0105. The zero-order valence-corrected chi connectivity index (χ0v) is 18.6. The molecule has 7 nitrogen and oxygen atoms in total. The largest absolute Gasteiger partial charge is 0.489 e. The van der Waals surface area contributed by atoms with Crippen molar-refractivity contribution < 1.29 is 9.47 Å². The Balaban J connectivity index is 1.56. The van der Waals surface area contributed by atoms with Gasteiger partial charge in [0.05, 0.1) is 21.6 Å². The number of nitrogens with one attached hydrogen (secondary N) is 2. The first kappa shape index (κ1) is 21.8. The topological polar surface area (TPSA) is 81.2 Å². The molecular weight excluding hydrogens is 426 g/mol. The van der Waals surface area contributed by atoms with E-state index in [-0.39, 0.29) is 6.10 Å². The molecule has 0 fully saturated rings. The molecule has 2 heterocycles. The van der Waals surface area contributed by atoms with Gasteiger partial charge in [-0.25, -0.2) is 9.97 Å². The smallest absolute Gasteiger partial charge is 0.145 e. The molecule has 0 saturated carbocycles. The summed E-state index contributed by atoms with van der Waals surface area (Å²) >= 11 is 6.47. The molecular formula is C24H24ClN5O2. The van der Waals surface area contributed by atoms with Gasteiger partial charge in [-0.3, -0.25) is 4.98 Å². The average Bonchev–Trinajstić information content (AvgIpc) is 2.80. The quantitative estimate of drug-likeness (QED) is 0.372. The van der Waals surface area contributed by atoms with Gasteiger partial charge in [-0.15, -0.1) is 0 Å². The van der Waals surface area contributed by atoms with Crippen molar-refractivity contribution in [3.63, 3.8) is 0 Å². The molecule has 0 unspecified atom stereocenters.